The van der Waals surface area contributed by atoms with Gasteiger partial charge in [-0.2, -0.15) is 0 Å². The number of piperidine rings is 1. The molecule has 0 bridgehead atoms. The van der Waals surface area contributed by atoms with E-state index in [2.05, 4.69) is 44.8 Å². The van der Waals surface area contributed by atoms with Gasteiger partial charge in [0.15, 0.2) is 0 Å². The maximum Gasteiger partial charge on any atom is 0.0460 e. The first-order chi connectivity index (χ1) is 9.28. The van der Waals surface area contributed by atoms with Crippen LogP contribution in [0.25, 0.3) is 0 Å². The summed E-state index contributed by atoms with van der Waals surface area (Å²) >= 11 is 0. The lowest BCUT2D eigenvalue weighted by molar-refractivity contribution is 0.0868. The number of likely N-dealkylation sites (tertiary alicyclic amines) is 1. The Morgan fingerprint density at radius 2 is 1.75 bits per heavy atom. The Balaban J connectivity index is 2.49. The minimum atomic E-state index is 0.193. The van der Waals surface area contributed by atoms with E-state index in [1.165, 1.54) is 19.4 Å². The Labute approximate surface area is 126 Å². The van der Waals surface area contributed by atoms with Crippen LogP contribution >= 0.6 is 0 Å². The molecule has 0 saturated carbocycles. The first-order valence-electron chi connectivity index (χ1n) is 8.36. The highest BCUT2D eigenvalue weighted by Gasteiger charge is 2.29. The van der Waals surface area contributed by atoms with Crippen LogP contribution in [0.2, 0.25) is 0 Å². The fraction of sp³-hybridized carbons (Fsp3) is 1.00. The monoisotopic (exact) mass is 284 g/mol. The third-order valence-electron chi connectivity index (χ3n) is 4.47. The molecule has 0 radical (unpaired) electrons. The smallest absolute Gasteiger partial charge is 0.0460 e. The van der Waals surface area contributed by atoms with Crippen LogP contribution in [0.3, 0.4) is 0 Å². The van der Waals surface area contributed by atoms with E-state index in [-0.39, 0.29) is 5.54 Å². The number of nitrogens with zero attached hydrogens (tertiary/aromatic N) is 1. The van der Waals surface area contributed by atoms with E-state index in [0.29, 0.717) is 17.9 Å². The normalized spacial score (nSPS) is 21.9. The highest BCUT2D eigenvalue weighted by atomic mass is 16.3. The molecular weight excluding hydrogens is 248 g/mol. The van der Waals surface area contributed by atoms with Gasteiger partial charge in [-0.05, 0) is 64.5 Å². The number of hydrogen-bond donors (Lipinski definition) is 2. The van der Waals surface area contributed by atoms with Crippen molar-refractivity contribution < 1.29 is 5.11 Å². The molecule has 0 amide bonds. The molecule has 1 fully saturated rings. The lowest BCUT2D eigenvalue weighted by atomic mass is 9.83. The van der Waals surface area contributed by atoms with Gasteiger partial charge in [0.2, 0.25) is 0 Å². The Morgan fingerprint density at radius 3 is 2.20 bits per heavy atom. The lowest BCUT2D eigenvalue weighted by Crippen LogP contribution is -2.49. The summed E-state index contributed by atoms with van der Waals surface area (Å²) in [6.45, 7) is 16.4. The van der Waals surface area contributed by atoms with Crippen molar-refractivity contribution in [1.29, 1.82) is 0 Å². The van der Waals surface area contributed by atoms with Crippen LogP contribution < -0.4 is 5.32 Å². The molecule has 1 rings (SSSR count). The van der Waals surface area contributed by atoms with E-state index in [1.54, 1.807) is 0 Å². The fourth-order valence-corrected chi connectivity index (χ4v) is 3.17. The third-order valence-corrected chi connectivity index (χ3v) is 4.47. The van der Waals surface area contributed by atoms with Crippen LogP contribution in [0, 0.1) is 11.3 Å². The van der Waals surface area contributed by atoms with Gasteiger partial charge in [-0.3, -0.25) is 0 Å². The summed E-state index contributed by atoms with van der Waals surface area (Å²) in [6, 6.07) is 0. The topological polar surface area (TPSA) is 35.5 Å². The zero-order valence-corrected chi connectivity index (χ0v) is 14.3. The van der Waals surface area contributed by atoms with Gasteiger partial charge in [-0.25, -0.2) is 0 Å². The molecule has 1 atom stereocenters. The Bertz CT molecular complexity index is 267. The molecule has 120 valence electrons. The van der Waals surface area contributed by atoms with Gasteiger partial charge >= 0.3 is 0 Å². The summed E-state index contributed by atoms with van der Waals surface area (Å²) in [4.78, 5) is 2.60. The molecular formula is C17H36N2O. The van der Waals surface area contributed by atoms with Gasteiger partial charge in [0.1, 0.15) is 0 Å². The van der Waals surface area contributed by atoms with Gasteiger partial charge in [0, 0.05) is 25.2 Å². The van der Waals surface area contributed by atoms with Crippen molar-refractivity contribution >= 4 is 0 Å². The maximum atomic E-state index is 9.24. The fourth-order valence-electron chi connectivity index (χ4n) is 3.17. The van der Waals surface area contributed by atoms with Crippen molar-refractivity contribution in [1.82, 2.24) is 10.2 Å². The first-order valence-corrected chi connectivity index (χ1v) is 8.36. The molecule has 0 aromatic rings. The van der Waals surface area contributed by atoms with E-state index >= 15 is 0 Å². The van der Waals surface area contributed by atoms with E-state index in [0.717, 1.165) is 32.5 Å². The van der Waals surface area contributed by atoms with E-state index in [9.17, 15) is 5.11 Å². The molecule has 2 N–H and O–H groups in total. The summed E-state index contributed by atoms with van der Waals surface area (Å²) in [7, 11) is 0. The van der Waals surface area contributed by atoms with E-state index in [4.69, 9.17) is 0 Å². The second-order valence-electron chi connectivity index (χ2n) is 8.07. The van der Waals surface area contributed by atoms with Crippen LogP contribution in [-0.4, -0.2) is 48.3 Å². The van der Waals surface area contributed by atoms with Gasteiger partial charge in [0.25, 0.3) is 0 Å². The largest absolute Gasteiger partial charge is 0.396 e. The highest BCUT2D eigenvalue weighted by molar-refractivity contribution is 4.85. The predicted molar refractivity (Wildman–Crippen MR) is 87.0 cm³/mol. The Morgan fingerprint density at radius 1 is 1.15 bits per heavy atom. The van der Waals surface area contributed by atoms with Crippen LogP contribution in [0.5, 0.6) is 0 Å². The third kappa shape index (κ3) is 6.55. The Kier molecular flexibility index (Phi) is 6.96. The number of aliphatic hydroxyl groups excluding tert-OH is 1. The zero-order chi connectivity index (χ0) is 15.2. The predicted octanol–water partition coefficient (Wildman–Crippen LogP) is 2.89. The minimum Gasteiger partial charge on any atom is -0.396 e. The van der Waals surface area contributed by atoms with E-state index in [1.807, 2.05) is 0 Å². The quantitative estimate of drug-likeness (QED) is 0.754. The van der Waals surface area contributed by atoms with Gasteiger partial charge in [-0.15, -0.1) is 0 Å². The van der Waals surface area contributed by atoms with Crippen molar-refractivity contribution in [2.45, 2.75) is 65.8 Å². The average molecular weight is 284 g/mol. The van der Waals surface area contributed by atoms with Gasteiger partial charge < -0.3 is 15.3 Å². The molecule has 1 heterocycles. The second kappa shape index (κ2) is 7.77. The zero-order valence-electron chi connectivity index (χ0n) is 14.3. The van der Waals surface area contributed by atoms with Crippen LogP contribution in [0.1, 0.15) is 60.3 Å². The molecule has 0 aliphatic carbocycles. The summed E-state index contributed by atoms with van der Waals surface area (Å²) in [5.74, 6) is 0.538. The number of nitrogens with one attached hydrogen (secondary N) is 1. The van der Waals surface area contributed by atoms with Crippen LogP contribution in [0.15, 0.2) is 0 Å². The van der Waals surface area contributed by atoms with Crippen molar-refractivity contribution in [3.63, 3.8) is 0 Å². The molecule has 1 aliphatic rings. The van der Waals surface area contributed by atoms with Crippen molar-refractivity contribution in [2.24, 2.45) is 11.3 Å². The summed E-state index contributed by atoms with van der Waals surface area (Å²) in [6.07, 6.45) is 4.84. The van der Waals surface area contributed by atoms with Crippen molar-refractivity contribution in [2.75, 3.05) is 32.8 Å². The standard InChI is InChI=1S/C17H36N2O/c1-6-9-17(5,13-18-16(2,3)4)14-19-10-7-15(12-20)8-11-19/h15,18,20H,6-14H2,1-5H3. The average Bonchev–Trinajstić information content (AvgIpc) is 2.37. The molecule has 1 saturated heterocycles. The maximum absolute atomic E-state index is 9.24. The highest BCUT2D eigenvalue weighted by Crippen LogP contribution is 2.27. The van der Waals surface area contributed by atoms with Crippen molar-refractivity contribution in [3.05, 3.63) is 0 Å². The molecule has 0 aromatic carbocycles. The lowest BCUT2D eigenvalue weighted by Gasteiger charge is -2.40. The molecule has 1 unspecified atom stereocenters. The summed E-state index contributed by atoms with van der Waals surface area (Å²) in [5.41, 5.74) is 0.549. The molecule has 3 heteroatoms. The van der Waals surface area contributed by atoms with Gasteiger partial charge in [0.05, 0.1) is 0 Å². The second-order valence-corrected chi connectivity index (χ2v) is 8.07. The summed E-state index contributed by atoms with van der Waals surface area (Å²) < 4.78 is 0. The number of hydrogen-bond acceptors (Lipinski definition) is 3. The number of rotatable bonds is 7. The SMILES string of the molecule is CCCC(C)(CNC(C)(C)C)CN1CCC(CO)CC1. The minimum absolute atomic E-state index is 0.193. The molecule has 20 heavy (non-hydrogen) atoms. The molecule has 3 nitrogen and oxygen atoms in total. The van der Waals surface area contributed by atoms with Gasteiger partial charge in [-0.1, -0.05) is 20.3 Å². The Hall–Kier alpha value is -0.120. The number of aliphatic hydroxyl groups is 1. The van der Waals surface area contributed by atoms with Crippen LogP contribution in [-0.2, 0) is 0 Å². The van der Waals surface area contributed by atoms with E-state index < -0.39 is 0 Å². The molecule has 1 aliphatic heterocycles. The van der Waals surface area contributed by atoms with Crippen LogP contribution in [0.4, 0.5) is 0 Å². The summed E-state index contributed by atoms with van der Waals surface area (Å²) in [5, 5.41) is 12.9. The molecule has 0 spiro atoms. The van der Waals surface area contributed by atoms with Crippen molar-refractivity contribution in [3.8, 4) is 0 Å². The molecule has 0 aromatic heterocycles. The first kappa shape index (κ1) is 17.9.